The zero-order chi connectivity index (χ0) is 13.4. The molecule has 0 aromatic heterocycles. The number of likely N-dealkylation sites (N-methyl/N-ethyl adjacent to an activating group) is 1. The first-order valence-corrected chi connectivity index (χ1v) is 5.85. The van der Waals surface area contributed by atoms with Crippen molar-refractivity contribution < 1.29 is 14.3 Å². The van der Waals surface area contributed by atoms with Gasteiger partial charge in [-0.3, -0.25) is 14.5 Å². The number of ketones is 1. The Labute approximate surface area is 103 Å². The topological polar surface area (TPSA) is 58.6 Å². The molecule has 0 aliphatic carbocycles. The zero-order valence-corrected chi connectivity index (χ0v) is 11.4. The normalized spacial score (nSPS) is 12.9. The maximum Gasteiger partial charge on any atom is 0.234 e. The van der Waals surface area contributed by atoms with E-state index in [0.29, 0.717) is 13.2 Å². The summed E-state index contributed by atoms with van der Waals surface area (Å²) in [4.78, 5) is 24.9. The summed E-state index contributed by atoms with van der Waals surface area (Å²) in [6.45, 7) is 6.89. The Kier molecular flexibility index (Phi) is 7.74. The molecule has 0 spiro atoms. The lowest BCUT2D eigenvalue weighted by molar-refractivity contribution is -0.128. The van der Waals surface area contributed by atoms with Crippen LogP contribution in [-0.4, -0.2) is 56.5 Å². The van der Waals surface area contributed by atoms with E-state index in [2.05, 4.69) is 5.32 Å². The van der Waals surface area contributed by atoms with Crippen LogP contribution in [0.4, 0.5) is 0 Å². The van der Waals surface area contributed by atoms with Crippen LogP contribution in [-0.2, 0) is 14.3 Å². The van der Waals surface area contributed by atoms with Crippen LogP contribution in [0.5, 0.6) is 0 Å². The largest absolute Gasteiger partial charge is 0.383 e. The second-order valence-corrected chi connectivity index (χ2v) is 4.63. The van der Waals surface area contributed by atoms with Gasteiger partial charge in [-0.25, -0.2) is 0 Å². The van der Waals surface area contributed by atoms with Gasteiger partial charge in [0.1, 0.15) is 0 Å². The van der Waals surface area contributed by atoms with Crippen LogP contribution in [0.3, 0.4) is 0 Å². The van der Waals surface area contributed by atoms with E-state index in [9.17, 15) is 9.59 Å². The standard InChI is InChI=1S/C12H24N2O3/c1-9(2)12(10(3)15)13-11(16)8-14(4)6-7-17-5/h9,12H,6-8H2,1-5H3,(H,13,16). The molecule has 0 aromatic rings. The van der Waals surface area contributed by atoms with Crippen LogP contribution in [0, 0.1) is 5.92 Å². The third-order valence-electron chi connectivity index (χ3n) is 2.51. The fraction of sp³-hybridized carbons (Fsp3) is 0.833. The number of carbonyl (C=O) groups excluding carboxylic acids is 2. The van der Waals surface area contributed by atoms with Gasteiger partial charge in [-0.1, -0.05) is 13.8 Å². The summed E-state index contributed by atoms with van der Waals surface area (Å²) in [7, 11) is 3.47. The Morgan fingerprint density at radius 2 is 1.94 bits per heavy atom. The average molecular weight is 244 g/mol. The molecule has 1 atom stereocenters. The Morgan fingerprint density at radius 3 is 2.35 bits per heavy atom. The van der Waals surface area contributed by atoms with Gasteiger partial charge in [0.2, 0.25) is 5.91 Å². The lowest BCUT2D eigenvalue weighted by Crippen LogP contribution is -2.47. The number of ether oxygens (including phenoxy) is 1. The molecular weight excluding hydrogens is 220 g/mol. The number of carbonyl (C=O) groups is 2. The van der Waals surface area contributed by atoms with E-state index in [4.69, 9.17) is 4.74 Å². The van der Waals surface area contributed by atoms with E-state index in [0.717, 1.165) is 0 Å². The molecule has 5 heteroatoms. The minimum atomic E-state index is -0.390. The molecule has 0 aliphatic rings. The van der Waals surface area contributed by atoms with Gasteiger partial charge in [0.05, 0.1) is 19.2 Å². The first-order chi connectivity index (χ1) is 7.88. The van der Waals surface area contributed by atoms with Gasteiger partial charge in [0.15, 0.2) is 5.78 Å². The molecule has 0 heterocycles. The zero-order valence-electron chi connectivity index (χ0n) is 11.4. The Hall–Kier alpha value is -0.940. The van der Waals surface area contributed by atoms with Crippen LogP contribution in [0.25, 0.3) is 0 Å². The number of amides is 1. The van der Waals surface area contributed by atoms with E-state index in [-0.39, 0.29) is 24.2 Å². The number of nitrogens with zero attached hydrogens (tertiary/aromatic N) is 1. The van der Waals surface area contributed by atoms with E-state index >= 15 is 0 Å². The van der Waals surface area contributed by atoms with Crippen molar-refractivity contribution in [1.29, 1.82) is 0 Å². The Balaban J connectivity index is 4.10. The summed E-state index contributed by atoms with van der Waals surface area (Å²) in [5.41, 5.74) is 0. The Bertz CT molecular complexity index is 254. The smallest absolute Gasteiger partial charge is 0.234 e. The molecule has 0 saturated heterocycles. The monoisotopic (exact) mass is 244 g/mol. The van der Waals surface area contributed by atoms with Crippen molar-refractivity contribution in [3.8, 4) is 0 Å². The van der Waals surface area contributed by atoms with Crippen molar-refractivity contribution in [3.05, 3.63) is 0 Å². The number of hydrogen-bond acceptors (Lipinski definition) is 4. The highest BCUT2D eigenvalue weighted by Gasteiger charge is 2.20. The SMILES string of the molecule is COCCN(C)CC(=O)NC(C(C)=O)C(C)C. The lowest BCUT2D eigenvalue weighted by Gasteiger charge is -2.22. The number of rotatable bonds is 8. The minimum absolute atomic E-state index is 0.00658. The molecule has 100 valence electrons. The molecule has 0 rings (SSSR count). The predicted molar refractivity (Wildman–Crippen MR) is 66.8 cm³/mol. The highest BCUT2D eigenvalue weighted by Crippen LogP contribution is 2.02. The van der Waals surface area contributed by atoms with E-state index in [1.165, 1.54) is 6.92 Å². The highest BCUT2D eigenvalue weighted by atomic mass is 16.5. The van der Waals surface area contributed by atoms with Gasteiger partial charge in [0, 0.05) is 13.7 Å². The van der Waals surface area contributed by atoms with Crippen molar-refractivity contribution in [2.75, 3.05) is 33.9 Å². The fourth-order valence-electron chi connectivity index (χ4n) is 1.53. The average Bonchev–Trinajstić information content (AvgIpc) is 2.22. The quantitative estimate of drug-likeness (QED) is 0.667. The van der Waals surface area contributed by atoms with Gasteiger partial charge < -0.3 is 10.1 Å². The van der Waals surface area contributed by atoms with Crippen molar-refractivity contribution >= 4 is 11.7 Å². The molecule has 0 aliphatic heterocycles. The number of methoxy groups -OCH3 is 1. The van der Waals surface area contributed by atoms with Crippen LogP contribution in [0.1, 0.15) is 20.8 Å². The summed E-state index contributed by atoms with van der Waals surface area (Å²) < 4.78 is 4.92. The van der Waals surface area contributed by atoms with E-state index in [1.54, 1.807) is 7.11 Å². The third kappa shape index (κ3) is 7.07. The summed E-state index contributed by atoms with van der Waals surface area (Å²) in [5.74, 6) is -0.0221. The van der Waals surface area contributed by atoms with Gasteiger partial charge in [-0.2, -0.15) is 0 Å². The van der Waals surface area contributed by atoms with Crippen LogP contribution >= 0.6 is 0 Å². The minimum Gasteiger partial charge on any atom is -0.383 e. The second-order valence-electron chi connectivity index (χ2n) is 4.63. The van der Waals surface area contributed by atoms with Gasteiger partial charge in [-0.05, 0) is 19.9 Å². The molecule has 1 unspecified atom stereocenters. The summed E-state index contributed by atoms with van der Waals surface area (Å²) in [6.07, 6.45) is 0. The van der Waals surface area contributed by atoms with Gasteiger partial charge in [-0.15, -0.1) is 0 Å². The number of nitrogens with one attached hydrogen (secondary N) is 1. The highest BCUT2D eigenvalue weighted by molar-refractivity contribution is 5.88. The molecule has 1 N–H and O–H groups in total. The summed E-state index contributed by atoms with van der Waals surface area (Å²) in [5, 5.41) is 2.75. The molecule has 1 amide bonds. The molecule has 5 nitrogen and oxygen atoms in total. The first kappa shape index (κ1) is 16.1. The lowest BCUT2D eigenvalue weighted by atomic mass is 10.0. The Morgan fingerprint density at radius 1 is 1.35 bits per heavy atom. The number of hydrogen-bond donors (Lipinski definition) is 1. The predicted octanol–water partition coefficient (Wildman–Crippen LogP) is 0.294. The van der Waals surface area contributed by atoms with Crippen molar-refractivity contribution in [1.82, 2.24) is 10.2 Å². The van der Waals surface area contributed by atoms with Crippen molar-refractivity contribution in [3.63, 3.8) is 0 Å². The van der Waals surface area contributed by atoms with Crippen molar-refractivity contribution in [2.45, 2.75) is 26.8 Å². The fourth-order valence-corrected chi connectivity index (χ4v) is 1.53. The molecular formula is C12H24N2O3. The maximum absolute atomic E-state index is 11.7. The first-order valence-electron chi connectivity index (χ1n) is 5.85. The second kappa shape index (κ2) is 8.20. The third-order valence-corrected chi connectivity index (χ3v) is 2.51. The van der Waals surface area contributed by atoms with Crippen LogP contribution in [0.15, 0.2) is 0 Å². The molecule has 0 aromatic carbocycles. The summed E-state index contributed by atoms with van der Waals surface area (Å²) >= 11 is 0. The van der Waals surface area contributed by atoms with Crippen molar-refractivity contribution in [2.24, 2.45) is 5.92 Å². The van der Waals surface area contributed by atoms with Gasteiger partial charge >= 0.3 is 0 Å². The van der Waals surface area contributed by atoms with Gasteiger partial charge in [0.25, 0.3) is 0 Å². The number of Topliss-reactive ketones (excluding diaryl/α,β-unsaturated/α-hetero) is 1. The molecule has 17 heavy (non-hydrogen) atoms. The van der Waals surface area contributed by atoms with Crippen LogP contribution < -0.4 is 5.32 Å². The van der Waals surface area contributed by atoms with E-state index in [1.807, 2.05) is 25.8 Å². The molecule has 0 fully saturated rings. The molecule has 0 bridgehead atoms. The summed E-state index contributed by atoms with van der Waals surface area (Å²) in [6, 6.07) is -0.390. The van der Waals surface area contributed by atoms with E-state index < -0.39 is 6.04 Å². The maximum atomic E-state index is 11.7. The molecule has 0 saturated carbocycles. The van der Waals surface area contributed by atoms with Crippen LogP contribution in [0.2, 0.25) is 0 Å². The molecule has 0 radical (unpaired) electrons.